The molecule has 0 unspecified atom stereocenters. The van der Waals surface area contributed by atoms with E-state index in [1.54, 1.807) is 29.2 Å². The summed E-state index contributed by atoms with van der Waals surface area (Å²) in [5.74, 6) is -0.929. The molecular weight excluding hydrogens is 492 g/mol. The predicted octanol–water partition coefficient (Wildman–Crippen LogP) is 5.72. The molecular formula is C24H17BrN2O4S. The molecule has 1 amide bonds. The van der Waals surface area contributed by atoms with E-state index in [0.717, 1.165) is 10.2 Å². The van der Waals surface area contributed by atoms with Gasteiger partial charge in [0.25, 0.3) is 5.91 Å². The Morgan fingerprint density at radius 3 is 2.44 bits per heavy atom. The Labute approximate surface area is 197 Å². The SMILES string of the molecule is O=C(O)COc1ccc(Br)cc1/C=C1/SC(=Nc2ccccc2)N(c2ccccc2)C1=O. The van der Waals surface area contributed by atoms with Gasteiger partial charge in [0.2, 0.25) is 0 Å². The van der Waals surface area contributed by atoms with Gasteiger partial charge in [-0.2, -0.15) is 0 Å². The standard InChI is InChI=1S/C24H17BrN2O4S/c25-17-11-12-20(31-15-22(28)29)16(13-17)14-21-23(30)27(19-9-5-2-6-10-19)24(32-21)26-18-7-3-1-4-8-18/h1-14H,15H2,(H,28,29)/b21-14+,26-24?. The van der Waals surface area contributed by atoms with Gasteiger partial charge in [0, 0.05) is 10.0 Å². The number of amidine groups is 1. The molecule has 0 atom stereocenters. The lowest BCUT2D eigenvalue weighted by Gasteiger charge is -2.15. The second kappa shape index (κ2) is 9.84. The fourth-order valence-corrected chi connectivity index (χ4v) is 4.38. The third-order valence-corrected chi connectivity index (χ3v) is 5.87. The van der Waals surface area contributed by atoms with Crippen molar-refractivity contribution < 1.29 is 19.4 Å². The van der Waals surface area contributed by atoms with E-state index in [1.165, 1.54) is 11.8 Å². The minimum atomic E-state index is -1.08. The third kappa shape index (κ3) is 5.09. The summed E-state index contributed by atoms with van der Waals surface area (Å²) in [6.07, 6.45) is 1.69. The number of hydrogen-bond donors (Lipinski definition) is 1. The molecule has 3 aromatic rings. The average Bonchev–Trinajstić information content (AvgIpc) is 3.09. The Bertz CT molecular complexity index is 1210. The number of carboxylic acid groups (broad SMARTS) is 1. The molecule has 0 aliphatic carbocycles. The molecule has 1 saturated heterocycles. The molecule has 1 heterocycles. The zero-order valence-corrected chi connectivity index (χ0v) is 19.0. The summed E-state index contributed by atoms with van der Waals surface area (Å²) < 4.78 is 6.18. The molecule has 1 aliphatic heterocycles. The highest BCUT2D eigenvalue weighted by atomic mass is 79.9. The number of carboxylic acids is 1. The second-order valence-corrected chi connectivity index (χ2v) is 8.61. The highest BCUT2D eigenvalue weighted by Crippen LogP contribution is 2.38. The van der Waals surface area contributed by atoms with Crippen molar-refractivity contribution in [1.29, 1.82) is 0 Å². The lowest BCUT2D eigenvalue weighted by atomic mass is 10.2. The largest absolute Gasteiger partial charge is 0.481 e. The number of amides is 1. The smallest absolute Gasteiger partial charge is 0.341 e. The van der Waals surface area contributed by atoms with Gasteiger partial charge in [-0.05, 0) is 60.3 Å². The van der Waals surface area contributed by atoms with Crippen LogP contribution in [0.2, 0.25) is 0 Å². The van der Waals surface area contributed by atoms with Crippen LogP contribution in [-0.4, -0.2) is 28.8 Å². The van der Waals surface area contributed by atoms with Crippen LogP contribution in [-0.2, 0) is 9.59 Å². The molecule has 8 heteroatoms. The summed E-state index contributed by atoms with van der Waals surface area (Å²) in [6.45, 7) is -0.476. The number of thioether (sulfide) groups is 1. The van der Waals surface area contributed by atoms with Crippen molar-refractivity contribution in [1.82, 2.24) is 0 Å². The van der Waals surface area contributed by atoms with Crippen LogP contribution in [0.3, 0.4) is 0 Å². The first kappa shape index (κ1) is 21.9. The van der Waals surface area contributed by atoms with Crippen molar-refractivity contribution in [3.8, 4) is 5.75 Å². The molecule has 6 nitrogen and oxygen atoms in total. The highest BCUT2D eigenvalue weighted by Gasteiger charge is 2.35. The zero-order chi connectivity index (χ0) is 22.5. The van der Waals surface area contributed by atoms with E-state index in [9.17, 15) is 9.59 Å². The first-order valence-corrected chi connectivity index (χ1v) is 11.2. The van der Waals surface area contributed by atoms with Crippen molar-refractivity contribution >= 4 is 62.2 Å². The molecule has 1 N–H and O–H groups in total. The number of carbonyl (C=O) groups is 2. The van der Waals surface area contributed by atoms with E-state index >= 15 is 0 Å². The number of hydrogen-bond acceptors (Lipinski definition) is 5. The first-order valence-electron chi connectivity index (χ1n) is 9.58. The summed E-state index contributed by atoms with van der Waals surface area (Å²) in [4.78, 5) is 31.0. The number of benzene rings is 3. The van der Waals surface area contributed by atoms with Gasteiger partial charge < -0.3 is 9.84 Å². The summed E-state index contributed by atoms with van der Waals surface area (Å²) in [6, 6.07) is 23.9. The van der Waals surface area contributed by atoms with Gasteiger partial charge in [0.05, 0.1) is 16.3 Å². The Kier molecular flexibility index (Phi) is 6.72. The van der Waals surface area contributed by atoms with E-state index in [2.05, 4.69) is 20.9 Å². The Morgan fingerprint density at radius 2 is 1.75 bits per heavy atom. The van der Waals surface area contributed by atoms with E-state index < -0.39 is 12.6 Å². The van der Waals surface area contributed by atoms with Crippen LogP contribution in [0.15, 0.2) is 93.2 Å². The van der Waals surface area contributed by atoms with Crippen molar-refractivity contribution in [3.63, 3.8) is 0 Å². The van der Waals surface area contributed by atoms with Gasteiger partial charge in [-0.1, -0.05) is 52.3 Å². The van der Waals surface area contributed by atoms with Crippen LogP contribution >= 0.6 is 27.7 Å². The fourth-order valence-electron chi connectivity index (χ4n) is 3.01. The van der Waals surface area contributed by atoms with E-state index in [0.29, 0.717) is 27.1 Å². The number of aliphatic imine (C=N–C) groups is 1. The minimum Gasteiger partial charge on any atom is -0.481 e. The molecule has 32 heavy (non-hydrogen) atoms. The Balaban J connectivity index is 1.75. The molecule has 160 valence electrons. The first-order chi connectivity index (χ1) is 15.5. The summed E-state index contributed by atoms with van der Waals surface area (Å²) >= 11 is 4.67. The van der Waals surface area contributed by atoms with Gasteiger partial charge in [0.1, 0.15) is 5.75 Å². The fraction of sp³-hybridized carbons (Fsp3) is 0.0417. The molecule has 1 fully saturated rings. The predicted molar refractivity (Wildman–Crippen MR) is 130 cm³/mol. The lowest BCUT2D eigenvalue weighted by Crippen LogP contribution is -2.28. The molecule has 0 bridgehead atoms. The van der Waals surface area contributed by atoms with Crippen molar-refractivity contribution in [2.24, 2.45) is 4.99 Å². The second-order valence-electron chi connectivity index (χ2n) is 6.68. The Hall–Kier alpha value is -3.36. The summed E-state index contributed by atoms with van der Waals surface area (Å²) in [5.41, 5.74) is 2.03. The van der Waals surface area contributed by atoms with E-state index in [4.69, 9.17) is 9.84 Å². The minimum absolute atomic E-state index is 0.222. The van der Waals surface area contributed by atoms with Gasteiger partial charge in [0.15, 0.2) is 11.8 Å². The van der Waals surface area contributed by atoms with Crippen LogP contribution in [0.25, 0.3) is 6.08 Å². The lowest BCUT2D eigenvalue weighted by molar-refractivity contribution is -0.139. The van der Waals surface area contributed by atoms with Crippen molar-refractivity contribution in [2.45, 2.75) is 0 Å². The average molecular weight is 509 g/mol. The highest BCUT2D eigenvalue weighted by molar-refractivity contribution is 9.10. The Morgan fingerprint density at radius 1 is 1.06 bits per heavy atom. The molecule has 0 spiro atoms. The molecule has 0 saturated carbocycles. The summed E-state index contributed by atoms with van der Waals surface area (Å²) in [5, 5.41) is 9.48. The van der Waals surface area contributed by atoms with Gasteiger partial charge in [-0.25, -0.2) is 9.79 Å². The quantitative estimate of drug-likeness (QED) is 0.430. The molecule has 1 aliphatic rings. The summed E-state index contributed by atoms with van der Waals surface area (Å²) in [7, 11) is 0. The molecule has 0 aromatic heterocycles. The number of anilines is 1. The monoisotopic (exact) mass is 508 g/mol. The van der Waals surface area contributed by atoms with Gasteiger partial charge in [-0.3, -0.25) is 9.69 Å². The van der Waals surface area contributed by atoms with E-state index in [1.807, 2.05) is 60.7 Å². The number of ether oxygens (including phenoxy) is 1. The van der Waals surface area contributed by atoms with Crippen LogP contribution in [0.1, 0.15) is 5.56 Å². The number of rotatable bonds is 6. The normalized spacial score (nSPS) is 16.0. The molecule has 3 aromatic carbocycles. The van der Waals surface area contributed by atoms with E-state index in [-0.39, 0.29) is 5.91 Å². The number of aliphatic carboxylic acids is 1. The van der Waals surface area contributed by atoms with Crippen molar-refractivity contribution in [3.05, 3.63) is 93.8 Å². The zero-order valence-electron chi connectivity index (χ0n) is 16.6. The van der Waals surface area contributed by atoms with Gasteiger partial charge in [-0.15, -0.1) is 0 Å². The number of para-hydroxylation sites is 2. The maximum absolute atomic E-state index is 13.4. The van der Waals surface area contributed by atoms with Crippen LogP contribution in [0.4, 0.5) is 11.4 Å². The number of halogens is 1. The van der Waals surface area contributed by atoms with Crippen LogP contribution < -0.4 is 9.64 Å². The number of nitrogens with zero attached hydrogens (tertiary/aromatic N) is 2. The topological polar surface area (TPSA) is 79.2 Å². The molecule has 0 radical (unpaired) electrons. The van der Waals surface area contributed by atoms with Crippen LogP contribution in [0, 0.1) is 0 Å². The van der Waals surface area contributed by atoms with Gasteiger partial charge >= 0.3 is 5.97 Å². The van der Waals surface area contributed by atoms with Crippen molar-refractivity contribution in [2.75, 3.05) is 11.5 Å². The van der Waals surface area contributed by atoms with Crippen LogP contribution in [0.5, 0.6) is 5.75 Å². The number of carbonyl (C=O) groups excluding carboxylic acids is 1. The maximum atomic E-state index is 13.4. The molecule has 4 rings (SSSR count). The maximum Gasteiger partial charge on any atom is 0.341 e. The third-order valence-electron chi connectivity index (χ3n) is 4.41.